The number of pyridine rings is 1. The zero-order valence-electron chi connectivity index (χ0n) is 9.75. The summed E-state index contributed by atoms with van der Waals surface area (Å²) in [7, 11) is 1.74. The van der Waals surface area contributed by atoms with Gasteiger partial charge in [0.15, 0.2) is 0 Å². The highest BCUT2D eigenvalue weighted by atomic mass is 35.5. The van der Waals surface area contributed by atoms with Crippen LogP contribution in [0.2, 0.25) is 5.02 Å². The molecule has 1 aromatic rings. The molecule has 0 atom stereocenters. The summed E-state index contributed by atoms with van der Waals surface area (Å²) in [5, 5.41) is 3.43. The number of rotatable bonds is 4. The molecule has 0 saturated carbocycles. The minimum atomic E-state index is -0.0888. The Bertz CT molecular complexity index is 381. The van der Waals surface area contributed by atoms with Gasteiger partial charge in [-0.25, -0.2) is 4.98 Å². The minimum absolute atomic E-state index is 0.0888. The van der Waals surface area contributed by atoms with Gasteiger partial charge in [0.2, 0.25) is 0 Å². The van der Waals surface area contributed by atoms with Crippen LogP contribution in [0.1, 0.15) is 24.2 Å². The average Bonchev–Trinajstić information content (AvgIpc) is 2.30. The Morgan fingerprint density at radius 2 is 2.25 bits per heavy atom. The van der Waals surface area contributed by atoms with Crippen molar-refractivity contribution in [3.05, 3.63) is 22.8 Å². The van der Waals surface area contributed by atoms with E-state index in [1.807, 2.05) is 13.8 Å². The first kappa shape index (κ1) is 12.8. The summed E-state index contributed by atoms with van der Waals surface area (Å²) in [4.78, 5) is 17.6. The SMILES string of the molecule is CCNc1cc(C(=O)N(C)CC)c(Cl)cn1. The number of aromatic nitrogens is 1. The molecule has 0 bridgehead atoms. The van der Waals surface area contributed by atoms with E-state index in [0.717, 1.165) is 6.54 Å². The Hall–Kier alpha value is -1.29. The van der Waals surface area contributed by atoms with Crippen molar-refractivity contribution in [3.63, 3.8) is 0 Å². The maximum Gasteiger partial charge on any atom is 0.255 e. The molecule has 0 fully saturated rings. The third kappa shape index (κ3) is 2.85. The second kappa shape index (κ2) is 5.70. The van der Waals surface area contributed by atoms with Crippen LogP contribution in [0.4, 0.5) is 5.82 Å². The zero-order valence-corrected chi connectivity index (χ0v) is 10.5. The third-order valence-corrected chi connectivity index (χ3v) is 2.57. The fourth-order valence-electron chi connectivity index (χ4n) is 1.23. The summed E-state index contributed by atoms with van der Waals surface area (Å²) in [6.45, 7) is 5.29. The molecule has 0 spiro atoms. The topological polar surface area (TPSA) is 45.2 Å². The van der Waals surface area contributed by atoms with E-state index in [1.165, 1.54) is 6.20 Å². The molecule has 4 nitrogen and oxygen atoms in total. The van der Waals surface area contributed by atoms with Gasteiger partial charge in [-0.2, -0.15) is 0 Å². The molecule has 1 heterocycles. The molecule has 0 aliphatic heterocycles. The normalized spacial score (nSPS) is 10.0. The molecule has 0 unspecified atom stereocenters. The van der Waals surface area contributed by atoms with Crippen molar-refractivity contribution in [2.45, 2.75) is 13.8 Å². The molecule has 0 aromatic carbocycles. The Kier molecular flexibility index (Phi) is 4.55. The lowest BCUT2D eigenvalue weighted by Crippen LogP contribution is -2.26. The van der Waals surface area contributed by atoms with E-state index in [9.17, 15) is 4.79 Å². The van der Waals surface area contributed by atoms with Gasteiger partial charge in [0.05, 0.1) is 10.6 Å². The number of halogens is 1. The highest BCUT2D eigenvalue weighted by Crippen LogP contribution is 2.19. The van der Waals surface area contributed by atoms with E-state index in [2.05, 4.69) is 10.3 Å². The lowest BCUT2D eigenvalue weighted by molar-refractivity contribution is 0.0802. The molecule has 1 amide bonds. The van der Waals surface area contributed by atoms with E-state index < -0.39 is 0 Å². The zero-order chi connectivity index (χ0) is 12.1. The van der Waals surface area contributed by atoms with Gasteiger partial charge in [-0.1, -0.05) is 11.6 Å². The van der Waals surface area contributed by atoms with E-state index in [4.69, 9.17) is 11.6 Å². The number of nitrogens with zero attached hydrogens (tertiary/aromatic N) is 2. The van der Waals surface area contributed by atoms with Crippen molar-refractivity contribution in [1.82, 2.24) is 9.88 Å². The van der Waals surface area contributed by atoms with Crippen LogP contribution >= 0.6 is 11.6 Å². The number of anilines is 1. The fraction of sp³-hybridized carbons (Fsp3) is 0.455. The van der Waals surface area contributed by atoms with Crippen LogP contribution in [-0.4, -0.2) is 35.9 Å². The second-order valence-corrected chi connectivity index (χ2v) is 3.81. The van der Waals surface area contributed by atoms with Gasteiger partial charge in [-0.3, -0.25) is 4.79 Å². The molecule has 0 saturated heterocycles. The molecule has 0 aliphatic carbocycles. The van der Waals surface area contributed by atoms with Crippen LogP contribution < -0.4 is 5.32 Å². The Morgan fingerprint density at radius 1 is 1.56 bits per heavy atom. The van der Waals surface area contributed by atoms with E-state index in [0.29, 0.717) is 22.9 Å². The second-order valence-electron chi connectivity index (χ2n) is 3.40. The van der Waals surface area contributed by atoms with E-state index >= 15 is 0 Å². The Labute approximate surface area is 101 Å². The first-order valence-electron chi connectivity index (χ1n) is 5.25. The predicted octanol–water partition coefficient (Wildman–Crippen LogP) is 2.26. The third-order valence-electron chi connectivity index (χ3n) is 2.26. The number of hydrogen-bond donors (Lipinski definition) is 1. The van der Waals surface area contributed by atoms with Crippen LogP contribution in [0.3, 0.4) is 0 Å². The van der Waals surface area contributed by atoms with Crippen LogP contribution in [-0.2, 0) is 0 Å². The highest BCUT2D eigenvalue weighted by Gasteiger charge is 2.14. The van der Waals surface area contributed by atoms with Gasteiger partial charge < -0.3 is 10.2 Å². The maximum absolute atomic E-state index is 11.9. The van der Waals surface area contributed by atoms with Gasteiger partial charge in [0, 0.05) is 26.3 Å². The molecule has 0 radical (unpaired) electrons. The molecule has 88 valence electrons. The van der Waals surface area contributed by atoms with Gasteiger partial charge in [-0.15, -0.1) is 0 Å². The molecule has 0 aliphatic rings. The molecular formula is C11H16ClN3O. The molecule has 1 rings (SSSR count). The van der Waals surface area contributed by atoms with Crippen molar-refractivity contribution in [3.8, 4) is 0 Å². The molecule has 1 aromatic heterocycles. The van der Waals surface area contributed by atoms with Gasteiger partial charge in [0.1, 0.15) is 5.82 Å². The predicted molar refractivity (Wildman–Crippen MR) is 66.0 cm³/mol. The average molecular weight is 242 g/mol. The van der Waals surface area contributed by atoms with Gasteiger partial charge in [0.25, 0.3) is 5.91 Å². The summed E-state index contributed by atoms with van der Waals surface area (Å²) in [5.41, 5.74) is 0.483. The van der Waals surface area contributed by atoms with Crippen LogP contribution in [0.25, 0.3) is 0 Å². The van der Waals surface area contributed by atoms with E-state index in [1.54, 1.807) is 18.0 Å². The number of carbonyl (C=O) groups is 1. The lowest BCUT2D eigenvalue weighted by Gasteiger charge is -2.15. The van der Waals surface area contributed by atoms with Crippen molar-refractivity contribution in [2.75, 3.05) is 25.5 Å². The summed E-state index contributed by atoms with van der Waals surface area (Å²) < 4.78 is 0. The summed E-state index contributed by atoms with van der Waals surface area (Å²) in [6.07, 6.45) is 1.50. The summed E-state index contributed by atoms with van der Waals surface area (Å²) in [6, 6.07) is 1.68. The van der Waals surface area contributed by atoms with Crippen LogP contribution in [0, 0.1) is 0 Å². The van der Waals surface area contributed by atoms with E-state index in [-0.39, 0.29) is 5.91 Å². The van der Waals surface area contributed by atoms with Crippen molar-refractivity contribution >= 4 is 23.3 Å². The van der Waals surface area contributed by atoms with Crippen LogP contribution in [0.5, 0.6) is 0 Å². The Balaban J connectivity index is 3.02. The van der Waals surface area contributed by atoms with Crippen LogP contribution in [0.15, 0.2) is 12.3 Å². The van der Waals surface area contributed by atoms with Crippen molar-refractivity contribution < 1.29 is 4.79 Å². The molecular weight excluding hydrogens is 226 g/mol. The Morgan fingerprint density at radius 3 is 2.81 bits per heavy atom. The molecule has 1 N–H and O–H groups in total. The van der Waals surface area contributed by atoms with Gasteiger partial charge in [-0.05, 0) is 19.9 Å². The smallest absolute Gasteiger partial charge is 0.255 e. The summed E-state index contributed by atoms with van der Waals surface area (Å²) >= 11 is 5.95. The van der Waals surface area contributed by atoms with Crippen molar-refractivity contribution in [2.24, 2.45) is 0 Å². The monoisotopic (exact) mass is 241 g/mol. The number of nitrogens with one attached hydrogen (secondary N) is 1. The van der Waals surface area contributed by atoms with Crippen molar-refractivity contribution in [1.29, 1.82) is 0 Å². The number of hydrogen-bond acceptors (Lipinski definition) is 3. The maximum atomic E-state index is 11.9. The first-order chi connectivity index (χ1) is 7.60. The number of carbonyl (C=O) groups excluding carboxylic acids is 1. The quantitative estimate of drug-likeness (QED) is 0.880. The molecule has 16 heavy (non-hydrogen) atoms. The highest BCUT2D eigenvalue weighted by molar-refractivity contribution is 6.33. The standard InChI is InChI=1S/C11H16ClN3O/c1-4-13-10-6-8(9(12)7-14-10)11(16)15(3)5-2/h6-7H,4-5H2,1-3H3,(H,13,14). The lowest BCUT2D eigenvalue weighted by atomic mass is 10.2. The fourth-order valence-corrected chi connectivity index (χ4v) is 1.41. The largest absolute Gasteiger partial charge is 0.370 e. The first-order valence-corrected chi connectivity index (χ1v) is 5.62. The molecule has 5 heteroatoms. The van der Waals surface area contributed by atoms with Gasteiger partial charge >= 0.3 is 0 Å². The minimum Gasteiger partial charge on any atom is -0.370 e. The summed E-state index contributed by atoms with van der Waals surface area (Å²) in [5.74, 6) is 0.578. The number of amides is 1.